The lowest BCUT2D eigenvalue weighted by molar-refractivity contribution is -0.187. The van der Waals surface area contributed by atoms with Crippen molar-refractivity contribution in [3.8, 4) is 0 Å². The standard InChI is InChI=1S/C20H20O5/c1-19-9-15(12-6-8-23-10-12)25-18(22)13(19)5-7-20-11-24-17(21)14(20)3-2-4-16(19)20/h2-4,6,8,10,13,15-16H,5,7,9,11H2,1H3/t13-,15+,16+,19-,20-/m0/s1. The molecule has 0 bridgehead atoms. The van der Waals surface area contributed by atoms with Crippen molar-refractivity contribution in [2.45, 2.75) is 32.3 Å². The molecule has 1 aromatic heterocycles. The van der Waals surface area contributed by atoms with Crippen molar-refractivity contribution in [2.75, 3.05) is 6.61 Å². The first-order valence-corrected chi connectivity index (χ1v) is 8.83. The normalized spacial score (nSPS) is 42.0. The number of carbonyl (C=O) groups is 2. The van der Waals surface area contributed by atoms with Gasteiger partial charge in [-0.25, -0.2) is 4.79 Å². The van der Waals surface area contributed by atoms with E-state index in [1.807, 2.05) is 18.2 Å². The highest BCUT2D eigenvalue weighted by molar-refractivity contribution is 5.93. The van der Waals surface area contributed by atoms with Crippen molar-refractivity contribution >= 4 is 11.9 Å². The first-order valence-electron chi connectivity index (χ1n) is 8.83. The third-order valence-electron chi connectivity index (χ3n) is 6.85. The molecule has 2 saturated heterocycles. The van der Waals surface area contributed by atoms with Crippen LogP contribution in [-0.2, 0) is 19.1 Å². The summed E-state index contributed by atoms with van der Waals surface area (Å²) < 4.78 is 16.4. The van der Waals surface area contributed by atoms with E-state index in [-0.39, 0.29) is 40.7 Å². The third kappa shape index (κ3) is 1.84. The molecule has 0 N–H and O–H groups in total. The highest BCUT2D eigenvalue weighted by atomic mass is 16.5. The van der Waals surface area contributed by atoms with Gasteiger partial charge in [0.2, 0.25) is 0 Å². The molecule has 5 heteroatoms. The maximum atomic E-state index is 12.8. The molecule has 0 amide bonds. The number of ether oxygens (including phenoxy) is 2. The molecule has 2 aliphatic heterocycles. The molecule has 1 spiro atoms. The maximum Gasteiger partial charge on any atom is 0.334 e. The lowest BCUT2D eigenvalue weighted by Crippen LogP contribution is -2.56. The summed E-state index contributed by atoms with van der Waals surface area (Å²) in [5, 5.41) is 0. The average molecular weight is 340 g/mol. The number of hydrogen-bond acceptors (Lipinski definition) is 5. The molecule has 5 nitrogen and oxygen atoms in total. The second-order valence-electron chi connectivity index (χ2n) is 7.96. The van der Waals surface area contributed by atoms with Crippen molar-refractivity contribution < 1.29 is 23.5 Å². The van der Waals surface area contributed by atoms with Gasteiger partial charge in [0.25, 0.3) is 0 Å². The molecule has 2 aliphatic carbocycles. The first-order chi connectivity index (χ1) is 12.0. The monoisotopic (exact) mass is 340 g/mol. The average Bonchev–Trinajstić information content (AvgIpc) is 3.23. The van der Waals surface area contributed by atoms with Gasteiger partial charge in [0.15, 0.2) is 0 Å². The maximum absolute atomic E-state index is 12.8. The van der Waals surface area contributed by atoms with E-state index in [1.165, 1.54) is 0 Å². The van der Waals surface area contributed by atoms with E-state index < -0.39 is 0 Å². The van der Waals surface area contributed by atoms with Gasteiger partial charge in [-0.05, 0) is 36.7 Å². The van der Waals surface area contributed by atoms with Gasteiger partial charge in [0, 0.05) is 16.6 Å². The van der Waals surface area contributed by atoms with E-state index >= 15 is 0 Å². The minimum atomic E-state index is -0.302. The van der Waals surface area contributed by atoms with Gasteiger partial charge in [-0.2, -0.15) is 0 Å². The van der Waals surface area contributed by atoms with E-state index in [9.17, 15) is 9.59 Å². The Morgan fingerprint density at radius 3 is 2.96 bits per heavy atom. The Balaban J connectivity index is 1.58. The predicted molar refractivity (Wildman–Crippen MR) is 87.1 cm³/mol. The van der Waals surface area contributed by atoms with Crippen LogP contribution >= 0.6 is 0 Å². The van der Waals surface area contributed by atoms with E-state index in [0.29, 0.717) is 6.61 Å². The summed E-state index contributed by atoms with van der Waals surface area (Å²) in [6.45, 7) is 2.59. The van der Waals surface area contributed by atoms with Crippen LogP contribution in [0, 0.1) is 22.7 Å². The van der Waals surface area contributed by atoms with Gasteiger partial charge >= 0.3 is 11.9 Å². The highest BCUT2D eigenvalue weighted by Gasteiger charge is 2.64. The van der Waals surface area contributed by atoms with Crippen LogP contribution < -0.4 is 0 Å². The molecule has 5 rings (SSSR count). The zero-order valence-electron chi connectivity index (χ0n) is 14.1. The van der Waals surface area contributed by atoms with Gasteiger partial charge in [-0.1, -0.05) is 25.2 Å². The number of rotatable bonds is 1. The van der Waals surface area contributed by atoms with Gasteiger partial charge in [0.05, 0.1) is 18.4 Å². The molecule has 0 aromatic carbocycles. The lowest BCUT2D eigenvalue weighted by Gasteiger charge is -2.57. The molecule has 0 radical (unpaired) electrons. The van der Waals surface area contributed by atoms with Crippen LogP contribution in [0.2, 0.25) is 0 Å². The topological polar surface area (TPSA) is 65.7 Å². The summed E-state index contributed by atoms with van der Waals surface area (Å²) in [6.07, 6.45) is 11.2. The number of allylic oxidation sites excluding steroid dienone is 3. The zero-order chi connectivity index (χ0) is 17.2. The van der Waals surface area contributed by atoms with Crippen LogP contribution in [0.3, 0.4) is 0 Å². The summed E-state index contributed by atoms with van der Waals surface area (Å²) in [4.78, 5) is 25.0. The first kappa shape index (κ1) is 15.0. The molecule has 4 aliphatic rings. The smallest absolute Gasteiger partial charge is 0.334 e. The third-order valence-corrected chi connectivity index (χ3v) is 6.85. The largest absolute Gasteiger partial charge is 0.472 e. The van der Waals surface area contributed by atoms with Crippen LogP contribution in [-0.4, -0.2) is 18.5 Å². The second-order valence-corrected chi connectivity index (χ2v) is 7.96. The molecule has 3 heterocycles. The van der Waals surface area contributed by atoms with Crippen LogP contribution in [0.15, 0.2) is 46.8 Å². The van der Waals surface area contributed by atoms with Gasteiger partial charge in [-0.15, -0.1) is 0 Å². The van der Waals surface area contributed by atoms with Crippen LogP contribution in [0.5, 0.6) is 0 Å². The van der Waals surface area contributed by atoms with Crippen LogP contribution in [0.1, 0.15) is 37.9 Å². The van der Waals surface area contributed by atoms with E-state index in [2.05, 4.69) is 13.0 Å². The molecule has 25 heavy (non-hydrogen) atoms. The molecule has 0 unspecified atom stereocenters. The molecule has 5 atom stereocenters. The van der Waals surface area contributed by atoms with Crippen molar-refractivity contribution in [3.63, 3.8) is 0 Å². The summed E-state index contributed by atoms with van der Waals surface area (Å²) in [5.41, 5.74) is 1.09. The summed E-state index contributed by atoms with van der Waals surface area (Å²) >= 11 is 0. The molecule has 1 aromatic rings. The van der Waals surface area contributed by atoms with Crippen LogP contribution in [0.25, 0.3) is 0 Å². The Labute approximate surface area is 145 Å². The fraction of sp³-hybridized carbons (Fsp3) is 0.500. The van der Waals surface area contributed by atoms with E-state index in [4.69, 9.17) is 13.9 Å². The molecule has 1 saturated carbocycles. The lowest BCUT2D eigenvalue weighted by atomic mass is 9.47. The number of carbonyl (C=O) groups excluding carboxylic acids is 2. The SMILES string of the molecule is C[C@]12C[C@H](c3ccoc3)OC(=O)[C@@H]1CC[C@]13COC(=O)C1=CC=C[C@@H]32. The minimum absolute atomic E-state index is 0.0902. The minimum Gasteiger partial charge on any atom is -0.472 e. The Morgan fingerprint density at radius 1 is 1.28 bits per heavy atom. The Kier molecular flexibility index (Phi) is 2.92. The van der Waals surface area contributed by atoms with Crippen molar-refractivity contribution in [1.82, 2.24) is 0 Å². The second kappa shape index (κ2) is 4.87. The molecule has 130 valence electrons. The molecular weight excluding hydrogens is 320 g/mol. The molecule has 3 fully saturated rings. The Hall–Kier alpha value is -2.30. The summed E-state index contributed by atoms with van der Waals surface area (Å²) in [5.74, 6) is -0.399. The Morgan fingerprint density at radius 2 is 2.16 bits per heavy atom. The number of cyclic esters (lactones) is 2. The fourth-order valence-electron chi connectivity index (χ4n) is 5.62. The van der Waals surface area contributed by atoms with Gasteiger partial charge in [-0.3, -0.25) is 4.79 Å². The quantitative estimate of drug-likeness (QED) is 0.734. The Bertz CT molecular complexity index is 804. The number of furan rings is 1. The van der Waals surface area contributed by atoms with E-state index in [1.54, 1.807) is 12.5 Å². The number of esters is 2. The van der Waals surface area contributed by atoms with Crippen molar-refractivity contribution in [2.24, 2.45) is 22.7 Å². The van der Waals surface area contributed by atoms with Gasteiger partial charge < -0.3 is 13.9 Å². The number of fused-ring (bicyclic) bond motifs is 2. The van der Waals surface area contributed by atoms with E-state index in [0.717, 1.165) is 30.4 Å². The fourth-order valence-corrected chi connectivity index (χ4v) is 5.62. The summed E-state index contributed by atoms with van der Waals surface area (Å²) in [6, 6.07) is 1.85. The molecular formula is C20H20O5. The van der Waals surface area contributed by atoms with Gasteiger partial charge in [0.1, 0.15) is 12.7 Å². The van der Waals surface area contributed by atoms with Crippen molar-refractivity contribution in [1.29, 1.82) is 0 Å². The van der Waals surface area contributed by atoms with Crippen molar-refractivity contribution in [3.05, 3.63) is 48.0 Å². The van der Waals surface area contributed by atoms with Crippen LogP contribution in [0.4, 0.5) is 0 Å². The zero-order valence-corrected chi connectivity index (χ0v) is 14.1. The predicted octanol–water partition coefficient (Wildman–Crippen LogP) is 3.34. The number of hydrogen-bond donors (Lipinski definition) is 0. The summed E-state index contributed by atoms with van der Waals surface area (Å²) in [7, 11) is 0. The highest BCUT2D eigenvalue weighted by Crippen LogP contribution is 2.65.